The number of nitro groups is 1. The summed E-state index contributed by atoms with van der Waals surface area (Å²) in [5.41, 5.74) is 0.447. The third-order valence-corrected chi connectivity index (χ3v) is 4.64. The van der Waals surface area contributed by atoms with Crippen LogP contribution in [-0.4, -0.2) is 41.4 Å². The highest BCUT2D eigenvalue weighted by Crippen LogP contribution is 2.24. The zero-order valence-corrected chi connectivity index (χ0v) is 17.0. The van der Waals surface area contributed by atoms with Crippen LogP contribution in [-0.2, 0) is 4.79 Å². The molecule has 0 saturated carbocycles. The second kappa shape index (κ2) is 11.1. The molecule has 2 rings (SSSR count). The summed E-state index contributed by atoms with van der Waals surface area (Å²) in [4.78, 5) is 35.8. The van der Waals surface area contributed by atoms with Gasteiger partial charge in [0.1, 0.15) is 11.8 Å². The fourth-order valence-electron chi connectivity index (χ4n) is 2.58. The summed E-state index contributed by atoms with van der Waals surface area (Å²) >= 11 is 1.55. The number of anilines is 1. The van der Waals surface area contributed by atoms with Crippen molar-refractivity contribution in [2.75, 3.05) is 23.9 Å². The minimum Gasteiger partial charge on any atom is -0.492 e. The number of benzene rings is 2. The number of rotatable bonds is 10. The zero-order valence-electron chi connectivity index (χ0n) is 16.2. The number of thioether (sulfide) groups is 1. The van der Waals surface area contributed by atoms with Gasteiger partial charge in [-0.1, -0.05) is 18.2 Å². The molecule has 0 radical (unpaired) electrons. The Labute approximate surface area is 173 Å². The Morgan fingerprint density at radius 3 is 2.66 bits per heavy atom. The molecule has 0 spiro atoms. The van der Waals surface area contributed by atoms with Crippen molar-refractivity contribution in [3.8, 4) is 5.75 Å². The minimum absolute atomic E-state index is 0.121. The van der Waals surface area contributed by atoms with Gasteiger partial charge in [0, 0.05) is 17.7 Å². The predicted octanol–water partition coefficient (Wildman–Crippen LogP) is 3.48. The molecular formula is C20H23N3O5S. The molecule has 8 nitrogen and oxygen atoms in total. The van der Waals surface area contributed by atoms with Crippen LogP contribution in [0.2, 0.25) is 0 Å². The van der Waals surface area contributed by atoms with Crippen molar-refractivity contribution >= 4 is 35.0 Å². The first kappa shape index (κ1) is 22.2. The first-order chi connectivity index (χ1) is 14.0. The Balaban J connectivity index is 2.16. The maximum Gasteiger partial charge on any atom is 0.270 e. The molecule has 0 bridgehead atoms. The summed E-state index contributed by atoms with van der Waals surface area (Å²) in [5, 5.41) is 16.4. The van der Waals surface area contributed by atoms with E-state index in [-0.39, 0.29) is 17.2 Å². The number of carbonyl (C=O) groups is 2. The number of nitro benzene ring substituents is 1. The van der Waals surface area contributed by atoms with Gasteiger partial charge in [-0.25, -0.2) is 0 Å². The molecule has 2 N–H and O–H groups in total. The Morgan fingerprint density at radius 2 is 1.97 bits per heavy atom. The van der Waals surface area contributed by atoms with Crippen molar-refractivity contribution in [1.29, 1.82) is 0 Å². The van der Waals surface area contributed by atoms with Crippen molar-refractivity contribution in [2.24, 2.45) is 0 Å². The van der Waals surface area contributed by atoms with E-state index >= 15 is 0 Å². The molecule has 29 heavy (non-hydrogen) atoms. The van der Waals surface area contributed by atoms with E-state index in [1.54, 1.807) is 36.0 Å². The average molecular weight is 417 g/mol. The predicted molar refractivity (Wildman–Crippen MR) is 114 cm³/mol. The zero-order chi connectivity index (χ0) is 21.2. The fourth-order valence-corrected chi connectivity index (χ4v) is 3.05. The van der Waals surface area contributed by atoms with E-state index in [1.807, 2.05) is 13.2 Å². The van der Waals surface area contributed by atoms with E-state index in [2.05, 4.69) is 10.6 Å². The van der Waals surface area contributed by atoms with Crippen molar-refractivity contribution in [3.63, 3.8) is 0 Å². The minimum atomic E-state index is -0.802. The largest absolute Gasteiger partial charge is 0.492 e. The van der Waals surface area contributed by atoms with E-state index in [9.17, 15) is 19.7 Å². The van der Waals surface area contributed by atoms with Crippen LogP contribution in [0.3, 0.4) is 0 Å². The van der Waals surface area contributed by atoms with Crippen LogP contribution >= 0.6 is 11.8 Å². The standard InChI is InChI=1S/C20H23N3O5S/c1-3-28-18-10-5-4-9-16(18)21-20(25)17(11-12-29-2)22-19(24)14-7-6-8-15(13-14)23(26)27/h4-10,13,17H,3,11-12H2,1-2H3,(H,21,25)(H,22,24)/t17-/m0/s1. The maximum absolute atomic E-state index is 12.8. The monoisotopic (exact) mass is 417 g/mol. The van der Waals surface area contributed by atoms with Gasteiger partial charge in [0.25, 0.3) is 11.6 Å². The molecule has 0 aliphatic carbocycles. The van der Waals surface area contributed by atoms with Gasteiger partial charge in [0.2, 0.25) is 5.91 Å². The summed E-state index contributed by atoms with van der Waals surface area (Å²) in [6.45, 7) is 2.30. The van der Waals surface area contributed by atoms with Crippen molar-refractivity contribution in [2.45, 2.75) is 19.4 Å². The van der Waals surface area contributed by atoms with Crippen molar-refractivity contribution in [3.05, 3.63) is 64.2 Å². The Hall–Kier alpha value is -3.07. The molecule has 2 aromatic carbocycles. The van der Waals surface area contributed by atoms with E-state index in [0.29, 0.717) is 30.2 Å². The third kappa shape index (κ3) is 6.49. The highest BCUT2D eigenvalue weighted by Gasteiger charge is 2.23. The highest BCUT2D eigenvalue weighted by molar-refractivity contribution is 7.98. The number of para-hydroxylation sites is 2. The number of nitrogens with zero attached hydrogens (tertiary/aromatic N) is 1. The number of hydrogen-bond acceptors (Lipinski definition) is 6. The molecule has 0 aromatic heterocycles. The van der Waals surface area contributed by atoms with Crippen LogP contribution in [0.4, 0.5) is 11.4 Å². The summed E-state index contributed by atoms with van der Waals surface area (Å²) < 4.78 is 5.51. The maximum atomic E-state index is 12.8. The lowest BCUT2D eigenvalue weighted by molar-refractivity contribution is -0.384. The van der Waals surface area contributed by atoms with E-state index in [0.717, 1.165) is 0 Å². The smallest absolute Gasteiger partial charge is 0.270 e. The Kier molecular flexibility index (Phi) is 8.47. The van der Waals surface area contributed by atoms with Crippen LogP contribution in [0.25, 0.3) is 0 Å². The van der Waals surface area contributed by atoms with Crippen LogP contribution in [0.1, 0.15) is 23.7 Å². The van der Waals surface area contributed by atoms with Gasteiger partial charge < -0.3 is 15.4 Å². The molecule has 0 saturated heterocycles. The van der Waals surface area contributed by atoms with Gasteiger partial charge >= 0.3 is 0 Å². The summed E-state index contributed by atoms with van der Waals surface area (Å²) in [7, 11) is 0. The second-order valence-corrected chi connectivity index (χ2v) is 7.02. The topological polar surface area (TPSA) is 111 Å². The summed E-state index contributed by atoms with van der Waals surface area (Å²) in [6, 6.07) is 11.6. The van der Waals surface area contributed by atoms with Gasteiger partial charge in [0.05, 0.1) is 17.2 Å². The third-order valence-electron chi connectivity index (χ3n) is 4.00. The second-order valence-electron chi connectivity index (χ2n) is 6.03. The van der Waals surface area contributed by atoms with Crippen molar-refractivity contribution in [1.82, 2.24) is 5.32 Å². The van der Waals surface area contributed by atoms with Gasteiger partial charge in [-0.15, -0.1) is 0 Å². The molecule has 2 aromatic rings. The number of carbonyl (C=O) groups excluding carboxylic acids is 2. The number of hydrogen-bond donors (Lipinski definition) is 2. The van der Waals surface area contributed by atoms with E-state index < -0.39 is 16.9 Å². The molecule has 0 aliphatic heterocycles. The highest BCUT2D eigenvalue weighted by atomic mass is 32.2. The van der Waals surface area contributed by atoms with E-state index in [4.69, 9.17) is 4.74 Å². The SMILES string of the molecule is CCOc1ccccc1NC(=O)[C@H](CCSC)NC(=O)c1cccc([N+](=O)[O-])c1. The van der Waals surface area contributed by atoms with E-state index in [1.165, 1.54) is 24.3 Å². The molecule has 0 fully saturated rings. The quantitative estimate of drug-likeness (QED) is 0.452. The van der Waals surface area contributed by atoms with Gasteiger partial charge in [-0.2, -0.15) is 11.8 Å². The van der Waals surface area contributed by atoms with Crippen LogP contribution < -0.4 is 15.4 Å². The first-order valence-electron chi connectivity index (χ1n) is 9.03. The summed E-state index contributed by atoms with van der Waals surface area (Å²) in [5.74, 6) is 0.260. The summed E-state index contributed by atoms with van der Waals surface area (Å²) in [6.07, 6.45) is 2.31. The van der Waals surface area contributed by atoms with Crippen molar-refractivity contribution < 1.29 is 19.2 Å². The molecular weight excluding hydrogens is 394 g/mol. The van der Waals surface area contributed by atoms with Gasteiger partial charge in [0.15, 0.2) is 0 Å². The number of amides is 2. The van der Waals surface area contributed by atoms with Gasteiger partial charge in [-0.3, -0.25) is 19.7 Å². The lowest BCUT2D eigenvalue weighted by Gasteiger charge is -2.19. The fraction of sp³-hybridized carbons (Fsp3) is 0.300. The molecule has 0 unspecified atom stereocenters. The normalized spacial score (nSPS) is 11.4. The molecule has 1 atom stereocenters. The number of non-ortho nitro benzene ring substituents is 1. The Bertz CT molecular complexity index is 875. The molecule has 0 heterocycles. The molecule has 0 aliphatic rings. The molecule has 154 valence electrons. The molecule has 2 amide bonds. The van der Waals surface area contributed by atoms with Gasteiger partial charge in [-0.05, 0) is 43.6 Å². The lowest BCUT2D eigenvalue weighted by atomic mass is 10.1. The number of ether oxygens (including phenoxy) is 1. The lowest BCUT2D eigenvalue weighted by Crippen LogP contribution is -2.44. The first-order valence-corrected chi connectivity index (χ1v) is 10.4. The Morgan fingerprint density at radius 1 is 1.21 bits per heavy atom. The molecule has 9 heteroatoms. The average Bonchev–Trinajstić information content (AvgIpc) is 2.72. The van der Waals surface area contributed by atoms with Crippen LogP contribution in [0.15, 0.2) is 48.5 Å². The number of nitrogens with one attached hydrogen (secondary N) is 2. The van der Waals surface area contributed by atoms with Crippen LogP contribution in [0.5, 0.6) is 5.75 Å². The van der Waals surface area contributed by atoms with Crippen LogP contribution in [0, 0.1) is 10.1 Å².